The summed E-state index contributed by atoms with van der Waals surface area (Å²) in [5.74, 6) is -0.0799. The fourth-order valence-electron chi connectivity index (χ4n) is 1.00. The predicted octanol–water partition coefficient (Wildman–Crippen LogP) is -0.573. The first kappa shape index (κ1) is 5.46. The summed E-state index contributed by atoms with van der Waals surface area (Å²) in [6, 6.07) is 2.75. The summed E-state index contributed by atoms with van der Waals surface area (Å²) in [5, 5.41) is 6.60. The molecule has 10 heavy (non-hydrogen) atoms. The molecule has 0 aromatic carbocycles. The first-order valence-electron chi connectivity index (χ1n) is 3.09. The Balaban J connectivity index is 2.50. The van der Waals surface area contributed by atoms with Crippen LogP contribution in [0.15, 0.2) is 6.20 Å². The Labute approximate surface area is 57.8 Å². The van der Waals surface area contributed by atoms with Crippen LogP contribution in [-0.4, -0.2) is 22.2 Å². The molecule has 0 spiro atoms. The molecule has 1 aliphatic heterocycles. The van der Waals surface area contributed by atoms with Crippen LogP contribution in [0.2, 0.25) is 0 Å². The van der Waals surface area contributed by atoms with Gasteiger partial charge in [0, 0.05) is 12.6 Å². The molecule has 0 fully saturated rings. The highest BCUT2D eigenvalue weighted by molar-refractivity contribution is 5.92. The summed E-state index contributed by atoms with van der Waals surface area (Å²) in [6.45, 7) is 1.42. The van der Waals surface area contributed by atoms with Crippen LogP contribution in [0.5, 0.6) is 0 Å². The van der Waals surface area contributed by atoms with Crippen molar-refractivity contribution < 1.29 is 4.79 Å². The van der Waals surface area contributed by atoms with Gasteiger partial charge in [-0.05, 0) is 0 Å². The highest BCUT2D eigenvalue weighted by Crippen LogP contribution is 2.00. The van der Waals surface area contributed by atoms with E-state index >= 15 is 0 Å². The van der Waals surface area contributed by atoms with Crippen LogP contribution in [0.25, 0.3) is 0 Å². The molecule has 0 bridgehead atoms. The summed E-state index contributed by atoms with van der Waals surface area (Å²) < 4.78 is 1.65. The molecule has 1 aliphatic rings. The zero-order valence-corrected chi connectivity index (χ0v) is 5.29. The van der Waals surface area contributed by atoms with E-state index in [0.29, 0.717) is 12.2 Å². The maximum Gasteiger partial charge on any atom is 0.270 e. The summed E-state index contributed by atoms with van der Waals surface area (Å²) in [7, 11) is 0. The van der Waals surface area contributed by atoms with Gasteiger partial charge in [-0.2, -0.15) is 5.10 Å². The number of rotatable bonds is 0. The van der Waals surface area contributed by atoms with Crippen molar-refractivity contribution in [2.45, 2.75) is 6.54 Å². The molecule has 1 aromatic rings. The van der Waals surface area contributed by atoms with E-state index in [4.69, 9.17) is 0 Å². The number of hydrogen-bond acceptors (Lipinski definition) is 2. The summed E-state index contributed by atoms with van der Waals surface area (Å²) >= 11 is 0. The molecule has 51 valence electrons. The SMILES string of the molecule is O=C1NCCn2nc[c]c21. The van der Waals surface area contributed by atoms with Gasteiger partial charge in [0.1, 0.15) is 5.69 Å². The summed E-state index contributed by atoms with van der Waals surface area (Å²) in [5.41, 5.74) is 0.534. The summed E-state index contributed by atoms with van der Waals surface area (Å²) in [4.78, 5) is 10.9. The standard InChI is InChI=1S/C6H6N3O/c10-6-5-1-2-8-9(5)4-3-7-6/h2H,3-4H2,(H,7,10). The maximum atomic E-state index is 10.9. The van der Waals surface area contributed by atoms with E-state index in [2.05, 4.69) is 16.5 Å². The molecule has 4 heteroatoms. The Hall–Kier alpha value is -1.32. The molecule has 0 unspecified atom stereocenters. The largest absolute Gasteiger partial charge is 0.349 e. The lowest BCUT2D eigenvalue weighted by Crippen LogP contribution is -2.35. The van der Waals surface area contributed by atoms with Crippen LogP contribution in [0, 0.1) is 6.07 Å². The van der Waals surface area contributed by atoms with Gasteiger partial charge >= 0.3 is 0 Å². The quantitative estimate of drug-likeness (QED) is 0.519. The van der Waals surface area contributed by atoms with Crippen molar-refractivity contribution in [3.8, 4) is 0 Å². The van der Waals surface area contributed by atoms with E-state index in [0.717, 1.165) is 6.54 Å². The van der Waals surface area contributed by atoms with Gasteiger partial charge in [0.15, 0.2) is 0 Å². The predicted molar refractivity (Wildman–Crippen MR) is 33.4 cm³/mol. The minimum atomic E-state index is -0.0799. The Morgan fingerprint density at radius 3 is 3.50 bits per heavy atom. The van der Waals surface area contributed by atoms with Gasteiger partial charge in [0.05, 0.1) is 12.7 Å². The lowest BCUT2D eigenvalue weighted by molar-refractivity contribution is 0.0924. The van der Waals surface area contributed by atoms with Crippen molar-refractivity contribution >= 4 is 5.91 Å². The van der Waals surface area contributed by atoms with Crippen molar-refractivity contribution in [2.24, 2.45) is 0 Å². The van der Waals surface area contributed by atoms with Gasteiger partial charge in [0.25, 0.3) is 5.91 Å². The second-order valence-electron chi connectivity index (χ2n) is 2.12. The van der Waals surface area contributed by atoms with Gasteiger partial charge in [-0.3, -0.25) is 9.48 Å². The van der Waals surface area contributed by atoms with Gasteiger partial charge in [0.2, 0.25) is 0 Å². The molecule has 0 saturated carbocycles. The number of carbonyl (C=O) groups excluding carboxylic acids is 1. The third kappa shape index (κ3) is 0.618. The molecule has 0 aliphatic carbocycles. The van der Waals surface area contributed by atoms with Crippen molar-refractivity contribution in [3.63, 3.8) is 0 Å². The van der Waals surface area contributed by atoms with Crippen molar-refractivity contribution in [1.29, 1.82) is 0 Å². The first-order valence-corrected chi connectivity index (χ1v) is 3.09. The number of nitrogens with zero attached hydrogens (tertiary/aromatic N) is 2. The summed E-state index contributed by atoms with van der Waals surface area (Å²) in [6.07, 6.45) is 1.51. The van der Waals surface area contributed by atoms with Crippen LogP contribution in [0.4, 0.5) is 0 Å². The van der Waals surface area contributed by atoms with Crippen LogP contribution < -0.4 is 5.32 Å². The third-order valence-electron chi connectivity index (χ3n) is 1.48. The maximum absolute atomic E-state index is 10.9. The molecule has 2 heterocycles. The van der Waals surface area contributed by atoms with Gasteiger partial charge < -0.3 is 5.32 Å². The zero-order chi connectivity index (χ0) is 6.97. The number of amides is 1. The van der Waals surface area contributed by atoms with Gasteiger partial charge in [-0.1, -0.05) is 0 Å². The molecule has 1 radical (unpaired) electrons. The van der Waals surface area contributed by atoms with Crippen molar-refractivity contribution in [3.05, 3.63) is 18.0 Å². The normalized spacial score (nSPS) is 16.2. The van der Waals surface area contributed by atoms with Crippen LogP contribution in [-0.2, 0) is 6.54 Å². The Morgan fingerprint density at radius 1 is 1.80 bits per heavy atom. The first-order chi connectivity index (χ1) is 4.88. The molecule has 1 N–H and O–H groups in total. The lowest BCUT2D eigenvalue weighted by atomic mass is 10.3. The Morgan fingerprint density at radius 2 is 2.70 bits per heavy atom. The van der Waals surface area contributed by atoms with Crippen molar-refractivity contribution in [1.82, 2.24) is 15.1 Å². The van der Waals surface area contributed by atoms with E-state index in [-0.39, 0.29) is 5.91 Å². The highest BCUT2D eigenvalue weighted by atomic mass is 16.2. The van der Waals surface area contributed by atoms with E-state index in [1.165, 1.54) is 6.20 Å². The van der Waals surface area contributed by atoms with Crippen molar-refractivity contribution in [2.75, 3.05) is 6.54 Å². The number of aromatic nitrogens is 2. The monoisotopic (exact) mass is 136 g/mol. The van der Waals surface area contributed by atoms with E-state index in [9.17, 15) is 4.79 Å². The molecular weight excluding hydrogens is 130 g/mol. The second-order valence-corrected chi connectivity index (χ2v) is 2.12. The molecular formula is C6H6N3O. The lowest BCUT2D eigenvalue weighted by Gasteiger charge is -2.12. The Kier molecular flexibility index (Phi) is 1.00. The Bertz CT molecular complexity index is 266. The molecule has 1 aromatic heterocycles. The zero-order valence-electron chi connectivity index (χ0n) is 5.29. The molecule has 2 rings (SSSR count). The molecule has 0 atom stereocenters. The topological polar surface area (TPSA) is 46.9 Å². The molecule has 1 amide bonds. The fraction of sp³-hybridized carbons (Fsp3) is 0.333. The molecule has 0 saturated heterocycles. The smallest absolute Gasteiger partial charge is 0.270 e. The number of nitrogens with one attached hydrogen (secondary N) is 1. The van der Waals surface area contributed by atoms with Gasteiger partial charge in [-0.25, -0.2) is 0 Å². The highest BCUT2D eigenvalue weighted by Gasteiger charge is 2.15. The van der Waals surface area contributed by atoms with Crippen LogP contribution in [0.1, 0.15) is 10.5 Å². The van der Waals surface area contributed by atoms with E-state index in [1.807, 2.05) is 0 Å². The van der Waals surface area contributed by atoms with E-state index < -0.39 is 0 Å². The van der Waals surface area contributed by atoms with Gasteiger partial charge in [-0.15, -0.1) is 0 Å². The fourth-order valence-corrected chi connectivity index (χ4v) is 1.00. The average molecular weight is 136 g/mol. The average Bonchev–Trinajstić information content (AvgIpc) is 2.36. The number of carbonyl (C=O) groups is 1. The van der Waals surface area contributed by atoms with Crippen LogP contribution in [0.3, 0.4) is 0 Å². The minimum Gasteiger partial charge on any atom is -0.349 e. The number of fused-ring (bicyclic) bond motifs is 1. The minimum absolute atomic E-state index is 0.0799. The second kappa shape index (κ2) is 1.83. The number of hydrogen-bond donors (Lipinski definition) is 1. The molecule has 4 nitrogen and oxygen atoms in total. The third-order valence-corrected chi connectivity index (χ3v) is 1.48. The van der Waals surface area contributed by atoms with Crippen LogP contribution >= 0.6 is 0 Å². The van der Waals surface area contributed by atoms with E-state index in [1.54, 1.807) is 4.68 Å².